The van der Waals surface area contributed by atoms with Crippen LogP contribution in [0.5, 0.6) is 5.75 Å². The number of rotatable bonds is 6. The van der Waals surface area contributed by atoms with Crippen molar-refractivity contribution in [3.63, 3.8) is 0 Å². The van der Waals surface area contributed by atoms with Gasteiger partial charge in [-0.3, -0.25) is 4.79 Å². The van der Waals surface area contributed by atoms with E-state index >= 15 is 0 Å². The van der Waals surface area contributed by atoms with Crippen molar-refractivity contribution in [1.82, 2.24) is 5.32 Å². The summed E-state index contributed by atoms with van der Waals surface area (Å²) in [6.07, 6.45) is 0.427. The van der Waals surface area contributed by atoms with E-state index in [9.17, 15) is 9.90 Å². The summed E-state index contributed by atoms with van der Waals surface area (Å²) in [6, 6.07) is 10.6. The van der Waals surface area contributed by atoms with Crippen LogP contribution in [0.25, 0.3) is 0 Å². The Morgan fingerprint density at radius 3 is 2.57 bits per heavy atom. The Morgan fingerprint density at radius 1 is 1.29 bits per heavy atom. The third-order valence-corrected chi connectivity index (χ3v) is 3.06. The molecule has 1 aromatic heterocycles. The number of benzene rings is 1. The first-order valence-electron chi connectivity index (χ1n) is 6.81. The van der Waals surface area contributed by atoms with Crippen LogP contribution in [-0.4, -0.2) is 17.1 Å². The molecule has 1 amide bonds. The fourth-order valence-electron chi connectivity index (χ4n) is 1.81. The van der Waals surface area contributed by atoms with Crippen LogP contribution in [0, 0.1) is 0 Å². The summed E-state index contributed by atoms with van der Waals surface area (Å²) in [7, 11) is 0. The molecular weight excluding hydrogens is 270 g/mol. The largest absolute Gasteiger partial charge is 0.481 e. The molecule has 0 spiro atoms. The molecule has 0 radical (unpaired) electrons. The van der Waals surface area contributed by atoms with Crippen LogP contribution in [0.3, 0.4) is 0 Å². The molecule has 0 aliphatic rings. The molecule has 5 nitrogen and oxygen atoms in total. The third-order valence-electron chi connectivity index (χ3n) is 3.06. The van der Waals surface area contributed by atoms with E-state index in [-0.39, 0.29) is 5.91 Å². The van der Waals surface area contributed by atoms with Crippen molar-refractivity contribution in [1.29, 1.82) is 0 Å². The second-order valence-electron chi connectivity index (χ2n) is 4.80. The van der Waals surface area contributed by atoms with Gasteiger partial charge in [0.05, 0.1) is 18.9 Å². The van der Waals surface area contributed by atoms with Crippen LogP contribution in [0.15, 0.2) is 47.1 Å². The van der Waals surface area contributed by atoms with Gasteiger partial charge in [-0.2, -0.15) is 0 Å². The molecule has 2 unspecified atom stereocenters. The second kappa shape index (κ2) is 6.95. The summed E-state index contributed by atoms with van der Waals surface area (Å²) in [4.78, 5) is 11.9. The first-order chi connectivity index (χ1) is 10.1. The Kier molecular flexibility index (Phi) is 5.00. The highest BCUT2D eigenvalue weighted by molar-refractivity contribution is 5.80. The van der Waals surface area contributed by atoms with Crippen molar-refractivity contribution >= 4 is 5.91 Å². The summed E-state index contributed by atoms with van der Waals surface area (Å²) < 4.78 is 10.7. The molecule has 112 valence electrons. The lowest BCUT2D eigenvalue weighted by Gasteiger charge is -2.15. The molecule has 1 aromatic carbocycles. The Labute approximate surface area is 123 Å². The van der Waals surface area contributed by atoms with E-state index in [1.54, 1.807) is 56.5 Å². The van der Waals surface area contributed by atoms with Crippen molar-refractivity contribution in [2.45, 2.75) is 32.6 Å². The van der Waals surface area contributed by atoms with Crippen LogP contribution >= 0.6 is 0 Å². The summed E-state index contributed by atoms with van der Waals surface area (Å²) in [6.45, 7) is 3.71. The zero-order valence-corrected chi connectivity index (χ0v) is 12.1. The highest BCUT2D eigenvalue weighted by Gasteiger charge is 2.14. The molecule has 0 aliphatic heterocycles. The van der Waals surface area contributed by atoms with Gasteiger partial charge >= 0.3 is 0 Å². The number of furan rings is 1. The molecule has 0 aliphatic carbocycles. The van der Waals surface area contributed by atoms with Crippen LogP contribution in [-0.2, 0) is 11.3 Å². The molecule has 2 atom stereocenters. The monoisotopic (exact) mass is 289 g/mol. The topological polar surface area (TPSA) is 71.7 Å². The third kappa shape index (κ3) is 4.36. The van der Waals surface area contributed by atoms with Gasteiger partial charge in [0.15, 0.2) is 6.10 Å². The smallest absolute Gasteiger partial charge is 0.261 e. The van der Waals surface area contributed by atoms with Crippen LogP contribution in [0.2, 0.25) is 0 Å². The summed E-state index contributed by atoms with van der Waals surface area (Å²) in [5.41, 5.74) is 0.803. The predicted molar refractivity (Wildman–Crippen MR) is 77.7 cm³/mol. The zero-order valence-electron chi connectivity index (χ0n) is 12.1. The highest BCUT2D eigenvalue weighted by atomic mass is 16.5. The van der Waals surface area contributed by atoms with Crippen molar-refractivity contribution in [2.75, 3.05) is 0 Å². The molecule has 5 heteroatoms. The van der Waals surface area contributed by atoms with Crippen molar-refractivity contribution in [2.24, 2.45) is 0 Å². The maximum atomic E-state index is 11.9. The first kappa shape index (κ1) is 15.1. The van der Waals surface area contributed by atoms with Crippen LogP contribution in [0.4, 0.5) is 0 Å². The average molecular weight is 289 g/mol. The summed E-state index contributed by atoms with van der Waals surface area (Å²) in [5.74, 6) is 1.06. The summed E-state index contributed by atoms with van der Waals surface area (Å²) in [5, 5.41) is 12.2. The number of hydrogen-bond acceptors (Lipinski definition) is 4. The molecule has 0 fully saturated rings. The highest BCUT2D eigenvalue weighted by Crippen LogP contribution is 2.18. The zero-order chi connectivity index (χ0) is 15.2. The van der Waals surface area contributed by atoms with Gasteiger partial charge in [-0.25, -0.2) is 0 Å². The lowest BCUT2D eigenvalue weighted by atomic mass is 10.1. The van der Waals surface area contributed by atoms with Crippen molar-refractivity contribution in [3.8, 4) is 5.75 Å². The summed E-state index contributed by atoms with van der Waals surface area (Å²) >= 11 is 0. The molecule has 21 heavy (non-hydrogen) atoms. The number of hydrogen-bond donors (Lipinski definition) is 2. The van der Waals surface area contributed by atoms with Gasteiger partial charge in [-0.15, -0.1) is 0 Å². The van der Waals surface area contributed by atoms with Gasteiger partial charge in [-0.05, 0) is 43.7 Å². The molecule has 2 rings (SSSR count). The fourth-order valence-corrected chi connectivity index (χ4v) is 1.81. The van der Waals surface area contributed by atoms with Gasteiger partial charge in [0.2, 0.25) is 0 Å². The maximum Gasteiger partial charge on any atom is 0.261 e. The van der Waals surface area contributed by atoms with Crippen LogP contribution < -0.4 is 10.1 Å². The van der Waals surface area contributed by atoms with Crippen molar-refractivity contribution in [3.05, 3.63) is 54.0 Å². The lowest BCUT2D eigenvalue weighted by molar-refractivity contribution is -0.127. The molecule has 0 bridgehead atoms. The number of carbonyl (C=O) groups excluding carboxylic acids is 1. The normalized spacial score (nSPS) is 13.5. The Balaban J connectivity index is 1.85. The first-order valence-corrected chi connectivity index (χ1v) is 6.81. The molecular formula is C16H19NO4. The molecule has 0 saturated carbocycles. The Morgan fingerprint density at radius 2 is 2.00 bits per heavy atom. The maximum absolute atomic E-state index is 11.9. The minimum absolute atomic E-state index is 0.217. The number of aliphatic hydroxyl groups excluding tert-OH is 1. The SMILES string of the molecule is CC(Oc1ccc(C(C)O)cc1)C(=O)NCc1ccco1. The quantitative estimate of drug-likeness (QED) is 0.856. The van der Waals surface area contributed by atoms with E-state index in [1.807, 2.05) is 0 Å². The average Bonchev–Trinajstić information content (AvgIpc) is 2.98. The van der Waals surface area contributed by atoms with Gasteiger partial charge in [0.1, 0.15) is 11.5 Å². The Hall–Kier alpha value is -2.27. The van der Waals surface area contributed by atoms with E-state index in [1.165, 1.54) is 0 Å². The van der Waals surface area contributed by atoms with Crippen LogP contribution in [0.1, 0.15) is 31.3 Å². The standard InChI is InChI=1S/C16H19NO4/c1-11(18)13-5-7-14(8-6-13)21-12(2)16(19)17-10-15-4-3-9-20-15/h3-9,11-12,18H,10H2,1-2H3,(H,17,19). The lowest BCUT2D eigenvalue weighted by Crippen LogP contribution is -2.35. The predicted octanol–water partition coefficient (Wildman–Crippen LogP) is 2.42. The van der Waals surface area contributed by atoms with E-state index in [2.05, 4.69) is 5.32 Å². The number of aliphatic hydroxyl groups is 1. The molecule has 2 aromatic rings. The fraction of sp³-hybridized carbons (Fsp3) is 0.312. The van der Waals surface area contributed by atoms with Gasteiger partial charge in [0, 0.05) is 0 Å². The molecule has 1 heterocycles. The second-order valence-corrected chi connectivity index (χ2v) is 4.80. The number of carbonyl (C=O) groups is 1. The van der Waals surface area contributed by atoms with Gasteiger partial charge < -0.3 is 19.6 Å². The van der Waals surface area contributed by atoms with E-state index in [0.717, 1.165) is 5.56 Å². The van der Waals surface area contributed by atoms with Gasteiger partial charge in [0.25, 0.3) is 5.91 Å². The van der Waals surface area contributed by atoms with E-state index in [4.69, 9.17) is 9.15 Å². The molecule has 2 N–H and O–H groups in total. The number of amides is 1. The minimum Gasteiger partial charge on any atom is -0.481 e. The number of ether oxygens (including phenoxy) is 1. The number of nitrogens with one attached hydrogen (secondary N) is 1. The van der Waals surface area contributed by atoms with E-state index < -0.39 is 12.2 Å². The van der Waals surface area contributed by atoms with Crippen molar-refractivity contribution < 1.29 is 19.1 Å². The van der Waals surface area contributed by atoms with E-state index in [0.29, 0.717) is 18.1 Å². The molecule has 0 saturated heterocycles. The van der Waals surface area contributed by atoms with Gasteiger partial charge in [-0.1, -0.05) is 12.1 Å². The Bertz CT molecular complexity index is 560. The minimum atomic E-state index is -0.614.